The molecular formula is C10H15NO2Si. The van der Waals surface area contributed by atoms with Crippen molar-refractivity contribution in [3.8, 4) is 0 Å². The Morgan fingerprint density at radius 3 is 2.21 bits per heavy atom. The largest absolute Gasteiger partial charge is 0.460 e. The molecule has 0 atom stereocenters. The van der Waals surface area contributed by atoms with E-state index in [0.717, 1.165) is 12.6 Å². The van der Waals surface area contributed by atoms with E-state index < -0.39 is 8.72 Å². The number of hydrogen-bond donors (Lipinski definition) is 0. The van der Waals surface area contributed by atoms with E-state index in [1.807, 2.05) is 18.2 Å². The number of benzene rings is 1. The van der Waals surface area contributed by atoms with Gasteiger partial charge in [0.1, 0.15) is 0 Å². The maximum atomic E-state index is 5.53. The molecule has 0 unspecified atom stereocenters. The minimum atomic E-state index is -2.03. The molecule has 0 amide bonds. The molecule has 1 aromatic carbocycles. The third-order valence-corrected chi connectivity index (χ3v) is 6.20. The standard InChI is InChI=1S/C10H15NO2Si/c1-12-14(13-2)9-8-11(14)10-6-4-3-5-7-10/h3-7H,8-9H2,1-2H3. The highest BCUT2D eigenvalue weighted by molar-refractivity contribution is 6.74. The van der Waals surface area contributed by atoms with Crippen LogP contribution in [0.25, 0.3) is 0 Å². The molecule has 14 heavy (non-hydrogen) atoms. The average molecular weight is 209 g/mol. The highest BCUT2D eigenvalue weighted by atomic mass is 28.4. The van der Waals surface area contributed by atoms with Crippen molar-refractivity contribution in [2.75, 3.05) is 25.3 Å². The Kier molecular flexibility index (Phi) is 2.58. The van der Waals surface area contributed by atoms with Gasteiger partial charge in [-0.05, 0) is 12.1 Å². The Morgan fingerprint density at radius 1 is 1.14 bits per heavy atom. The van der Waals surface area contributed by atoms with Crippen LogP contribution >= 0.6 is 0 Å². The molecule has 0 N–H and O–H groups in total. The summed E-state index contributed by atoms with van der Waals surface area (Å²) in [5, 5.41) is 0. The third kappa shape index (κ3) is 1.35. The molecule has 1 heterocycles. The molecule has 0 aromatic heterocycles. The summed E-state index contributed by atoms with van der Waals surface area (Å²) in [7, 11) is 1.45. The Morgan fingerprint density at radius 2 is 1.79 bits per heavy atom. The first-order valence-corrected chi connectivity index (χ1v) is 6.72. The minimum absolute atomic E-state index is 1.04. The molecule has 0 bridgehead atoms. The van der Waals surface area contributed by atoms with E-state index in [9.17, 15) is 0 Å². The zero-order valence-electron chi connectivity index (χ0n) is 8.56. The molecule has 0 aliphatic carbocycles. The number of anilines is 1. The number of hydrogen-bond acceptors (Lipinski definition) is 3. The van der Waals surface area contributed by atoms with Crippen molar-refractivity contribution in [2.45, 2.75) is 6.04 Å². The fourth-order valence-electron chi connectivity index (χ4n) is 1.85. The van der Waals surface area contributed by atoms with Crippen molar-refractivity contribution in [1.29, 1.82) is 0 Å². The zero-order chi connectivity index (χ0) is 10.0. The van der Waals surface area contributed by atoms with Crippen LogP contribution in [0.4, 0.5) is 5.69 Å². The number of rotatable bonds is 3. The molecular weight excluding hydrogens is 194 g/mol. The summed E-state index contributed by atoms with van der Waals surface area (Å²) >= 11 is 0. The summed E-state index contributed by atoms with van der Waals surface area (Å²) in [5.74, 6) is 0. The Labute approximate surface area is 85.6 Å². The first kappa shape index (κ1) is 9.70. The van der Waals surface area contributed by atoms with E-state index in [-0.39, 0.29) is 0 Å². The lowest BCUT2D eigenvalue weighted by Crippen LogP contribution is -2.67. The first-order chi connectivity index (χ1) is 6.82. The number of nitrogens with zero attached hydrogens (tertiary/aromatic N) is 1. The highest BCUT2D eigenvalue weighted by Crippen LogP contribution is 2.33. The van der Waals surface area contributed by atoms with Crippen LogP contribution in [0.15, 0.2) is 30.3 Å². The summed E-state index contributed by atoms with van der Waals surface area (Å²) < 4.78 is 13.3. The highest BCUT2D eigenvalue weighted by Gasteiger charge is 2.52. The van der Waals surface area contributed by atoms with Gasteiger partial charge in [-0.2, -0.15) is 0 Å². The maximum Gasteiger partial charge on any atom is 0.460 e. The van der Waals surface area contributed by atoms with Crippen LogP contribution in [-0.2, 0) is 8.85 Å². The average Bonchev–Trinajstić information content (AvgIpc) is 2.20. The topological polar surface area (TPSA) is 21.7 Å². The second-order valence-corrected chi connectivity index (χ2v) is 6.64. The van der Waals surface area contributed by atoms with Crippen molar-refractivity contribution in [2.24, 2.45) is 0 Å². The summed E-state index contributed by atoms with van der Waals surface area (Å²) in [6.45, 7) is 1.04. The quantitative estimate of drug-likeness (QED) is 0.708. The lowest BCUT2D eigenvalue weighted by atomic mass is 10.3. The summed E-state index contributed by atoms with van der Waals surface area (Å²) in [6, 6.07) is 11.3. The lowest BCUT2D eigenvalue weighted by Gasteiger charge is -2.47. The molecule has 1 saturated heterocycles. The van der Waals surface area contributed by atoms with Crippen LogP contribution in [0.2, 0.25) is 6.04 Å². The fraction of sp³-hybridized carbons (Fsp3) is 0.400. The molecule has 0 spiro atoms. The van der Waals surface area contributed by atoms with E-state index in [4.69, 9.17) is 8.85 Å². The van der Waals surface area contributed by atoms with Crippen LogP contribution in [0.3, 0.4) is 0 Å². The third-order valence-electron chi connectivity index (χ3n) is 2.77. The first-order valence-electron chi connectivity index (χ1n) is 4.75. The van der Waals surface area contributed by atoms with Crippen molar-refractivity contribution < 1.29 is 8.85 Å². The van der Waals surface area contributed by atoms with E-state index in [1.165, 1.54) is 5.69 Å². The molecule has 0 radical (unpaired) electrons. The van der Waals surface area contributed by atoms with Gasteiger partial charge in [0, 0.05) is 32.5 Å². The van der Waals surface area contributed by atoms with Gasteiger partial charge in [-0.1, -0.05) is 18.2 Å². The van der Waals surface area contributed by atoms with Crippen LogP contribution in [0.5, 0.6) is 0 Å². The SMILES string of the molecule is CO[Si]1(OC)CCN1c1ccccc1. The van der Waals surface area contributed by atoms with Gasteiger partial charge < -0.3 is 13.4 Å². The van der Waals surface area contributed by atoms with E-state index in [2.05, 4.69) is 16.7 Å². The van der Waals surface area contributed by atoms with Gasteiger partial charge in [0.25, 0.3) is 0 Å². The van der Waals surface area contributed by atoms with Crippen molar-refractivity contribution in [1.82, 2.24) is 0 Å². The van der Waals surface area contributed by atoms with Crippen LogP contribution in [-0.4, -0.2) is 29.5 Å². The van der Waals surface area contributed by atoms with Crippen molar-refractivity contribution in [3.63, 3.8) is 0 Å². The molecule has 1 fully saturated rings. The van der Waals surface area contributed by atoms with Crippen molar-refractivity contribution >= 4 is 14.4 Å². The molecule has 1 aliphatic rings. The summed E-state index contributed by atoms with van der Waals surface area (Å²) in [6.07, 6.45) is 0. The molecule has 2 rings (SSSR count). The minimum Gasteiger partial charge on any atom is -0.382 e. The van der Waals surface area contributed by atoms with Crippen molar-refractivity contribution in [3.05, 3.63) is 30.3 Å². The fourth-order valence-corrected chi connectivity index (χ4v) is 4.22. The van der Waals surface area contributed by atoms with Gasteiger partial charge in [-0.25, -0.2) is 0 Å². The summed E-state index contributed by atoms with van der Waals surface area (Å²) in [4.78, 5) is 0. The monoisotopic (exact) mass is 209 g/mol. The second kappa shape index (κ2) is 3.72. The van der Waals surface area contributed by atoms with Gasteiger partial charge in [0.2, 0.25) is 0 Å². The van der Waals surface area contributed by atoms with E-state index in [0.29, 0.717) is 0 Å². The Hall–Kier alpha value is -0.843. The predicted octanol–water partition coefficient (Wildman–Crippen LogP) is 1.74. The van der Waals surface area contributed by atoms with Crippen LogP contribution in [0, 0.1) is 0 Å². The Balaban J connectivity index is 2.21. The van der Waals surface area contributed by atoms with Gasteiger partial charge in [-0.15, -0.1) is 0 Å². The number of para-hydroxylation sites is 1. The molecule has 76 valence electrons. The van der Waals surface area contributed by atoms with E-state index >= 15 is 0 Å². The smallest absolute Gasteiger partial charge is 0.382 e. The van der Waals surface area contributed by atoms with Gasteiger partial charge in [0.15, 0.2) is 0 Å². The summed E-state index contributed by atoms with van der Waals surface area (Å²) in [5.41, 5.74) is 1.20. The lowest BCUT2D eigenvalue weighted by molar-refractivity contribution is 0.223. The molecule has 4 heteroatoms. The predicted molar refractivity (Wildman–Crippen MR) is 58.4 cm³/mol. The van der Waals surface area contributed by atoms with E-state index in [1.54, 1.807) is 14.2 Å². The van der Waals surface area contributed by atoms with Gasteiger partial charge in [-0.3, -0.25) is 0 Å². The van der Waals surface area contributed by atoms with Gasteiger partial charge in [0.05, 0.1) is 0 Å². The molecule has 1 aliphatic heterocycles. The Bertz CT molecular complexity index is 295. The maximum absolute atomic E-state index is 5.53. The molecule has 3 nitrogen and oxygen atoms in total. The second-order valence-electron chi connectivity index (χ2n) is 3.36. The van der Waals surface area contributed by atoms with Gasteiger partial charge >= 0.3 is 8.72 Å². The van der Waals surface area contributed by atoms with Crippen LogP contribution in [0.1, 0.15) is 0 Å². The van der Waals surface area contributed by atoms with Crippen LogP contribution < -0.4 is 4.57 Å². The zero-order valence-corrected chi connectivity index (χ0v) is 9.56. The molecule has 1 aromatic rings. The normalized spacial score (nSPS) is 19.1. The molecule has 0 saturated carbocycles.